The molecule has 0 saturated carbocycles. The molecular formula is C27H28N2O2S2. The van der Waals surface area contributed by atoms with Gasteiger partial charge in [-0.2, -0.15) is 5.26 Å². The minimum atomic E-state index is -0.220. The molecule has 170 valence electrons. The van der Waals surface area contributed by atoms with Gasteiger partial charge in [0.05, 0.1) is 5.56 Å². The van der Waals surface area contributed by atoms with Gasteiger partial charge in [0, 0.05) is 39.8 Å². The van der Waals surface area contributed by atoms with Gasteiger partial charge in [0.1, 0.15) is 11.1 Å². The molecule has 33 heavy (non-hydrogen) atoms. The van der Waals surface area contributed by atoms with Crippen molar-refractivity contribution in [2.75, 3.05) is 11.2 Å². The molecule has 0 saturated heterocycles. The van der Waals surface area contributed by atoms with Crippen LogP contribution in [0.5, 0.6) is 0 Å². The summed E-state index contributed by atoms with van der Waals surface area (Å²) in [5, 5.41) is 10.8. The molecule has 0 N–H and O–H groups in total. The molecule has 2 aliphatic carbocycles. The van der Waals surface area contributed by atoms with Crippen molar-refractivity contribution in [3.8, 4) is 6.07 Å². The summed E-state index contributed by atoms with van der Waals surface area (Å²) >= 11 is 3.27. The summed E-state index contributed by atoms with van der Waals surface area (Å²) < 4.78 is 0. The van der Waals surface area contributed by atoms with Crippen molar-refractivity contribution in [3.63, 3.8) is 0 Å². The summed E-state index contributed by atoms with van der Waals surface area (Å²) in [5.74, 6) is -0.0887. The highest BCUT2D eigenvalue weighted by molar-refractivity contribution is 7.98. The topological polar surface area (TPSA) is 61.2 Å². The molecule has 1 aromatic carbocycles. The molecule has 0 radical (unpaired) electrons. The number of allylic oxidation sites excluding steroid dienone is 2. The van der Waals surface area contributed by atoms with E-state index in [-0.39, 0.29) is 29.4 Å². The molecular weight excluding hydrogens is 448 g/mol. The molecule has 6 heteroatoms. The summed E-state index contributed by atoms with van der Waals surface area (Å²) in [7, 11) is 0. The second-order valence-electron chi connectivity index (χ2n) is 10.1. The average Bonchev–Trinajstić information content (AvgIpc) is 3.15. The van der Waals surface area contributed by atoms with Crippen LogP contribution in [0, 0.1) is 16.7 Å². The number of thiophene rings is 1. The fourth-order valence-corrected chi connectivity index (χ4v) is 7.39. The third-order valence-electron chi connectivity index (χ3n) is 7.13. The maximum Gasteiger partial charge on any atom is 0.232 e. The van der Waals surface area contributed by atoms with Crippen LogP contribution in [0.2, 0.25) is 0 Å². The SMILES string of the molecule is CSc1ccc([C@H]2CC(=O)N(c3sc4c(c3C#N)CCCC4)C3=C2C(=O)CC(C)(C)C3)cc1. The van der Waals surface area contributed by atoms with Crippen LogP contribution in [0.4, 0.5) is 5.00 Å². The lowest BCUT2D eigenvalue weighted by Crippen LogP contribution is -2.43. The number of amides is 1. The van der Waals surface area contributed by atoms with E-state index in [4.69, 9.17) is 0 Å². The van der Waals surface area contributed by atoms with Crippen molar-refractivity contribution < 1.29 is 9.59 Å². The smallest absolute Gasteiger partial charge is 0.232 e. The minimum absolute atomic E-state index is 0.00621. The van der Waals surface area contributed by atoms with E-state index in [1.165, 1.54) is 4.88 Å². The first-order valence-corrected chi connectivity index (χ1v) is 13.6. The second kappa shape index (κ2) is 8.45. The molecule has 1 atom stereocenters. The van der Waals surface area contributed by atoms with E-state index in [0.29, 0.717) is 18.4 Å². The number of nitrogens with zero attached hydrogens (tertiary/aromatic N) is 2. The van der Waals surface area contributed by atoms with E-state index in [1.54, 1.807) is 28.0 Å². The van der Waals surface area contributed by atoms with Crippen LogP contribution in [0.15, 0.2) is 40.4 Å². The fraction of sp³-hybridized carbons (Fsp3) is 0.444. The Hall–Kier alpha value is -2.36. The Balaban J connectivity index is 1.68. The van der Waals surface area contributed by atoms with Gasteiger partial charge < -0.3 is 0 Å². The Morgan fingerprint density at radius 1 is 1.12 bits per heavy atom. The Bertz CT molecular complexity index is 1210. The van der Waals surface area contributed by atoms with E-state index in [9.17, 15) is 14.9 Å². The number of fused-ring (bicyclic) bond motifs is 1. The summed E-state index contributed by atoms with van der Waals surface area (Å²) in [4.78, 5) is 31.4. The minimum Gasteiger partial charge on any atom is -0.294 e. The third-order valence-corrected chi connectivity index (χ3v) is 9.15. The lowest BCUT2D eigenvalue weighted by Gasteiger charge is -2.42. The van der Waals surface area contributed by atoms with E-state index < -0.39 is 0 Å². The first-order chi connectivity index (χ1) is 15.8. The Morgan fingerprint density at radius 2 is 1.85 bits per heavy atom. The largest absolute Gasteiger partial charge is 0.294 e. The molecule has 1 amide bonds. The van der Waals surface area contributed by atoms with Gasteiger partial charge in [-0.25, -0.2) is 0 Å². The molecule has 3 aliphatic rings. The van der Waals surface area contributed by atoms with Crippen LogP contribution in [0.1, 0.15) is 73.4 Å². The zero-order chi connectivity index (χ0) is 23.3. The van der Waals surface area contributed by atoms with Crippen LogP contribution in [-0.2, 0) is 22.4 Å². The van der Waals surface area contributed by atoms with Crippen molar-refractivity contribution >= 4 is 39.8 Å². The number of aryl methyl sites for hydroxylation is 1. The van der Waals surface area contributed by atoms with E-state index in [0.717, 1.165) is 58.0 Å². The lowest BCUT2D eigenvalue weighted by molar-refractivity contribution is -0.120. The van der Waals surface area contributed by atoms with Crippen LogP contribution in [0.3, 0.4) is 0 Å². The number of ketones is 1. The van der Waals surface area contributed by atoms with Crippen LogP contribution in [0.25, 0.3) is 0 Å². The molecule has 0 fully saturated rings. The molecule has 4 nitrogen and oxygen atoms in total. The quantitative estimate of drug-likeness (QED) is 0.482. The molecule has 5 rings (SSSR count). The van der Waals surface area contributed by atoms with Gasteiger partial charge in [-0.1, -0.05) is 26.0 Å². The fourth-order valence-electron chi connectivity index (χ4n) is 5.60. The van der Waals surface area contributed by atoms with Crippen LogP contribution < -0.4 is 4.90 Å². The van der Waals surface area contributed by atoms with Crippen molar-refractivity contribution in [1.29, 1.82) is 5.26 Å². The van der Waals surface area contributed by atoms with Crippen LogP contribution >= 0.6 is 23.1 Å². The highest BCUT2D eigenvalue weighted by Crippen LogP contribution is 2.51. The molecule has 2 aromatic rings. The zero-order valence-electron chi connectivity index (χ0n) is 19.4. The second-order valence-corrected chi connectivity index (χ2v) is 12.0. The summed E-state index contributed by atoms with van der Waals surface area (Å²) in [6.45, 7) is 4.19. The van der Waals surface area contributed by atoms with Gasteiger partial charge in [-0.05, 0) is 67.0 Å². The van der Waals surface area contributed by atoms with Gasteiger partial charge >= 0.3 is 0 Å². The van der Waals surface area contributed by atoms with Gasteiger partial charge in [0.25, 0.3) is 0 Å². The number of anilines is 1. The zero-order valence-corrected chi connectivity index (χ0v) is 21.0. The summed E-state index contributed by atoms with van der Waals surface area (Å²) in [6, 6.07) is 10.7. The van der Waals surface area contributed by atoms with E-state index in [2.05, 4.69) is 44.2 Å². The summed E-state index contributed by atoms with van der Waals surface area (Å²) in [6.07, 6.45) is 7.52. The predicted molar refractivity (Wildman–Crippen MR) is 134 cm³/mol. The number of carbonyl (C=O) groups is 2. The molecule has 1 aliphatic heterocycles. The molecule has 0 spiro atoms. The number of nitriles is 1. The highest BCUT2D eigenvalue weighted by Gasteiger charge is 2.45. The van der Waals surface area contributed by atoms with Gasteiger partial charge in [-0.15, -0.1) is 23.1 Å². The summed E-state index contributed by atoms with van der Waals surface area (Å²) in [5.41, 5.74) is 4.17. The Morgan fingerprint density at radius 3 is 2.55 bits per heavy atom. The number of hydrogen-bond acceptors (Lipinski definition) is 5. The van der Waals surface area contributed by atoms with Gasteiger partial charge in [0.15, 0.2) is 5.78 Å². The Kier molecular flexibility index (Phi) is 5.74. The van der Waals surface area contributed by atoms with Gasteiger partial charge in [-0.3, -0.25) is 14.5 Å². The first-order valence-electron chi connectivity index (χ1n) is 11.6. The lowest BCUT2D eigenvalue weighted by atomic mass is 9.69. The van der Waals surface area contributed by atoms with Crippen molar-refractivity contribution in [3.05, 3.63) is 57.1 Å². The first kappa shape index (κ1) is 22.4. The number of Topliss-reactive ketones (excluding diaryl/α,β-unsaturated/α-hetero) is 1. The van der Waals surface area contributed by atoms with Crippen molar-refractivity contribution in [2.24, 2.45) is 5.41 Å². The average molecular weight is 477 g/mol. The van der Waals surface area contributed by atoms with Gasteiger partial charge in [0.2, 0.25) is 5.91 Å². The van der Waals surface area contributed by atoms with E-state index in [1.807, 2.05) is 6.26 Å². The number of hydrogen-bond donors (Lipinski definition) is 0. The standard InChI is InChI=1S/C27H28N2O2S2/c1-27(2)13-21-25(22(30)14-27)19(16-8-10-17(32-3)11-9-16)12-24(31)29(21)26-20(15-28)18-6-4-5-7-23(18)33-26/h8-11,19H,4-7,12-14H2,1-3H3/t19-/m1/s1. The number of benzene rings is 1. The predicted octanol–water partition coefficient (Wildman–Crippen LogP) is 6.38. The molecule has 1 aromatic heterocycles. The number of carbonyl (C=O) groups excluding carboxylic acids is 2. The maximum atomic E-state index is 13.7. The normalized spacial score (nSPS) is 22.1. The maximum absolute atomic E-state index is 13.7. The Labute approximate surface area is 203 Å². The molecule has 0 bridgehead atoms. The van der Waals surface area contributed by atoms with Crippen molar-refractivity contribution in [2.45, 2.75) is 69.6 Å². The molecule has 0 unspecified atom stereocenters. The highest BCUT2D eigenvalue weighted by atomic mass is 32.2. The van der Waals surface area contributed by atoms with Crippen molar-refractivity contribution in [1.82, 2.24) is 0 Å². The van der Waals surface area contributed by atoms with Crippen LogP contribution in [-0.4, -0.2) is 17.9 Å². The third kappa shape index (κ3) is 3.86. The molecule has 2 heterocycles. The van der Waals surface area contributed by atoms with E-state index >= 15 is 0 Å². The number of rotatable bonds is 3. The monoisotopic (exact) mass is 476 g/mol. The number of thioether (sulfide) groups is 1.